The normalized spacial score (nSPS) is 21.6. The Labute approximate surface area is 114 Å². The lowest BCUT2D eigenvalue weighted by Gasteiger charge is -2.06. The first-order chi connectivity index (χ1) is 8.76. The van der Waals surface area contributed by atoms with E-state index < -0.39 is 10.0 Å². The van der Waals surface area contributed by atoms with Gasteiger partial charge in [0, 0.05) is 12.1 Å². The van der Waals surface area contributed by atoms with Crippen molar-refractivity contribution in [2.75, 3.05) is 6.54 Å². The Balaban J connectivity index is 2.14. The number of hydrogen-bond acceptors (Lipinski definition) is 4. The van der Waals surface area contributed by atoms with Crippen LogP contribution in [0, 0.1) is 12.3 Å². The second-order valence-corrected chi connectivity index (χ2v) is 7.46. The summed E-state index contributed by atoms with van der Waals surface area (Å²) >= 11 is 0. The van der Waals surface area contributed by atoms with Gasteiger partial charge in [-0.2, -0.15) is 0 Å². The molecule has 1 unspecified atom stereocenters. The second kappa shape index (κ2) is 4.92. The number of nitrogens with one attached hydrogen (secondary N) is 2. The molecule has 0 radical (unpaired) electrons. The Morgan fingerprint density at radius 3 is 2.63 bits per heavy atom. The van der Waals surface area contributed by atoms with Gasteiger partial charge in [-0.3, -0.25) is 0 Å². The maximum absolute atomic E-state index is 12.3. The second-order valence-electron chi connectivity index (χ2n) is 5.78. The minimum absolute atomic E-state index is 0.0315. The van der Waals surface area contributed by atoms with Crippen LogP contribution in [0.15, 0.2) is 15.4 Å². The van der Waals surface area contributed by atoms with Crippen molar-refractivity contribution in [2.24, 2.45) is 5.41 Å². The third-order valence-electron chi connectivity index (χ3n) is 3.57. The molecular formula is C13H22N2O3S. The van der Waals surface area contributed by atoms with Gasteiger partial charge in [0.2, 0.25) is 10.0 Å². The number of aryl methyl sites for hydroxylation is 1. The molecule has 1 aromatic rings. The summed E-state index contributed by atoms with van der Waals surface area (Å²) in [7, 11) is -3.47. The van der Waals surface area contributed by atoms with Crippen LogP contribution in [0.2, 0.25) is 0 Å². The van der Waals surface area contributed by atoms with Crippen LogP contribution >= 0.6 is 0 Å². The summed E-state index contributed by atoms with van der Waals surface area (Å²) in [6.45, 7) is 9.14. The van der Waals surface area contributed by atoms with E-state index in [2.05, 4.69) is 23.9 Å². The molecule has 5 nitrogen and oxygen atoms in total. The van der Waals surface area contributed by atoms with E-state index in [1.165, 1.54) is 0 Å². The van der Waals surface area contributed by atoms with Gasteiger partial charge >= 0.3 is 0 Å². The Bertz CT molecular complexity index is 560. The molecule has 1 aliphatic carbocycles. The molecule has 1 aliphatic rings. The molecule has 1 aromatic heterocycles. The maximum atomic E-state index is 12.3. The van der Waals surface area contributed by atoms with Gasteiger partial charge in [-0.15, -0.1) is 0 Å². The Hall–Kier alpha value is -0.850. The van der Waals surface area contributed by atoms with Gasteiger partial charge in [0.25, 0.3) is 0 Å². The number of hydrogen-bond donors (Lipinski definition) is 2. The van der Waals surface area contributed by atoms with Gasteiger partial charge in [0.1, 0.15) is 16.4 Å². The average molecular weight is 286 g/mol. The minimum Gasteiger partial charge on any atom is -0.464 e. The third-order valence-corrected chi connectivity index (χ3v) is 5.15. The molecule has 0 amide bonds. The van der Waals surface area contributed by atoms with Crippen LogP contribution < -0.4 is 10.0 Å². The van der Waals surface area contributed by atoms with E-state index in [1.807, 2.05) is 6.92 Å². The first kappa shape index (κ1) is 14.6. The van der Waals surface area contributed by atoms with E-state index in [4.69, 9.17) is 4.42 Å². The molecule has 0 bridgehead atoms. The topological polar surface area (TPSA) is 71.3 Å². The predicted molar refractivity (Wildman–Crippen MR) is 73.3 cm³/mol. The SMILES string of the molecule is CCNCc1cc(S(=O)(=O)NC2CC2(C)C)c(C)o1. The molecule has 2 rings (SSSR count). The van der Waals surface area contributed by atoms with Crippen LogP contribution in [-0.4, -0.2) is 21.0 Å². The molecule has 0 saturated heterocycles. The summed E-state index contributed by atoms with van der Waals surface area (Å²) in [4.78, 5) is 0.253. The molecule has 1 atom stereocenters. The van der Waals surface area contributed by atoms with Crippen molar-refractivity contribution >= 4 is 10.0 Å². The monoisotopic (exact) mass is 286 g/mol. The van der Waals surface area contributed by atoms with E-state index >= 15 is 0 Å². The smallest absolute Gasteiger partial charge is 0.244 e. The summed E-state index contributed by atoms with van der Waals surface area (Å²) in [5, 5.41) is 3.11. The summed E-state index contributed by atoms with van der Waals surface area (Å²) in [5.41, 5.74) is 0.0668. The zero-order valence-electron chi connectivity index (χ0n) is 11.9. The van der Waals surface area contributed by atoms with Crippen molar-refractivity contribution in [3.63, 3.8) is 0 Å². The fourth-order valence-electron chi connectivity index (χ4n) is 2.05. The minimum atomic E-state index is -3.47. The van der Waals surface area contributed by atoms with Gasteiger partial charge in [0.05, 0.1) is 6.54 Å². The molecule has 1 fully saturated rings. The van der Waals surface area contributed by atoms with Crippen LogP contribution in [0.25, 0.3) is 0 Å². The molecule has 108 valence electrons. The average Bonchev–Trinajstić information content (AvgIpc) is 2.72. The highest BCUT2D eigenvalue weighted by Gasteiger charge is 2.48. The Kier molecular flexibility index (Phi) is 3.77. The lowest BCUT2D eigenvalue weighted by molar-refractivity contribution is 0.460. The predicted octanol–water partition coefficient (Wildman–Crippen LogP) is 1.77. The summed E-state index contributed by atoms with van der Waals surface area (Å²) < 4.78 is 32.8. The molecule has 0 aromatic carbocycles. The van der Waals surface area contributed by atoms with E-state index in [0.717, 1.165) is 13.0 Å². The largest absolute Gasteiger partial charge is 0.464 e. The summed E-state index contributed by atoms with van der Waals surface area (Å²) in [6.07, 6.45) is 0.882. The van der Waals surface area contributed by atoms with Crippen LogP contribution in [0.3, 0.4) is 0 Å². The van der Waals surface area contributed by atoms with Gasteiger partial charge < -0.3 is 9.73 Å². The van der Waals surface area contributed by atoms with Crippen LogP contribution in [0.1, 0.15) is 38.7 Å². The van der Waals surface area contributed by atoms with Gasteiger partial charge in [-0.1, -0.05) is 20.8 Å². The number of sulfonamides is 1. The quantitative estimate of drug-likeness (QED) is 0.836. The molecule has 1 heterocycles. The van der Waals surface area contributed by atoms with Crippen LogP contribution in [0.4, 0.5) is 0 Å². The van der Waals surface area contributed by atoms with Crippen molar-refractivity contribution in [1.82, 2.24) is 10.0 Å². The van der Waals surface area contributed by atoms with Crippen molar-refractivity contribution < 1.29 is 12.8 Å². The van der Waals surface area contributed by atoms with E-state index in [0.29, 0.717) is 18.1 Å². The zero-order chi connectivity index (χ0) is 14.3. The molecule has 19 heavy (non-hydrogen) atoms. The Morgan fingerprint density at radius 2 is 2.11 bits per heavy atom. The van der Waals surface area contributed by atoms with Crippen molar-refractivity contribution in [3.8, 4) is 0 Å². The molecule has 0 aliphatic heterocycles. The van der Waals surface area contributed by atoms with Crippen LogP contribution in [-0.2, 0) is 16.6 Å². The molecular weight excluding hydrogens is 264 g/mol. The first-order valence-corrected chi connectivity index (χ1v) is 8.07. The third kappa shape index (κ3) is 3.19. The van der Waals surface area contributed by atoms with Gasteiger partial charge in [-0.25, -0.2) is 13.1 Å². The summed E-state index contributed by atoms with van der Waals surface area (Å²) in [5.74, 6) is 1.09. The highest BCUT2D eigenvalue weighted by Crippen LogP contribution is 2.45. The van der Waals surface area contributed by atoms with E-state index in [9.17, 15) is 8.42 Å². The fraction of sp³-hybridized carbons (Fsp3) is 0.692. The first-order valence-electron chi connectivity index (χ1n) is 6.58. The number of furan rings is 1. The summed E-state index contributed by atoms with van der Waals surface area (Å²) in [6, 6.07) is 1.64. The molecule has 2 N–H and O–H groups in total. The van der Waals surface area contributed by atoms with E-state index in [1.54, 1.807) is 13.0 Å². The van der Waals surface area contributed by atoms with Crippen molar-refractivity contribution in [2.45, 2.75) is 51.6 Å². The van der Waals surface area contributed by atoms with E-state index in [-0.39, 0.29) is 16.4 Å². The lowest BCUT2D eigenvalue weighted by atomic mass is 10.2. The van der Waals surface area contributed by atoms with Gasteiger partial charge in [0.15, 0.2) is 0 Å². The lowest BCUT2D eigenvalue weighted by Crippen LogP contribution is -2.28. The van der Waals surface area contributed by atoms with Crippen molar-refractivity contribution in [1.29, 1.82) is 0 Å². The fourth-order valence-corrected chi connectivity index (χ4v) is 3.66. The van der Waals surface area contributed by atoms with Gasteiger partial charge in [-0.05, 0) is 25.3 Å². The maximum Gasteiger partial charge on any atom is 0.244 e. The molecule has 1 saturated carbocycles. The van der Waals surface area contributed by atoms with Crippen LogP contribution in [0.5, 0.6) is 0 Å². The number of rotatable bonds is 6. The molecule has 6 heteroatoms. The highest BCUT2D eigenvalue weighted by atomic mass is 32.2. The standard InChI is InChI=1S/C13H22N2O3S/c1-5-14-8-10-6-11(9(2)18-10)19(16,17)15-12-7-13(12,3)4/h6,12,14-15H,5,7-8H2,1-4H3. The Morgan fingerprint density at radius 1 is 1.47 bits per heavy atom. The van der Waals surface area contributed by atoms with Crippen molar-refractivity contribution in [3.05, 3.63) is 17.6 Å². The molecule has 0 spiro atoms. The highest BCUT2D eigenvalue weighted by molar-refractivity contribution is 7.89. The zero-order valence-corrected chi connectivity index (χ0v) is 12.7.